The van der Waals surface area contributed by atoms with Gasteiger partial charge in [0.25, 0.3) is 0 Å². The lowest BCUT2D eigenvalue weighted by atomic mass is 10.1. The number of nitrogens with zero attached hydrogens (tertiary/aromatic N) is 2. The molecule has 16 heavy (non-hydrogen) atoms. The van der Waals surface area contributed by atoms with Crippen molar-refractivity contribution in [3.05, 3.63) is 0 Å². The fourth-order valence-corrected chi connectivity index (χ4v) is 1.99. The van der Waals surface area contributed by atoms with E-state index in [4.69, 9.17) is 10.5 Å². The van der Waals surface area contributed by atoms with E-state index in [2.05, 4.69) is 4.90 Å². The summed E-state index contributed by atoms with van der Waals surface area (Å²) >= 11 is 0. The summed E-state index contributed by atoms with van der Waals surface area (Å²) in [7, 11) is 3.54. The lowest BCUT2D eigenvalue weighted by Gasteiger charge is -2.42. The number of likely N-dealkylation sites (N-methyl/N-ethyl adjacent to an activating group) is 1. The van der Waals surface area contributed by atoms with Gasteiger partial charge in [-0.15, -0.1) is 0 Å². The maximum Gasteiger partial charge on any atom is 0.236 e. The molecule has 0 radical (unpaired) electrons. The van der Waals surface area contributed by atoms with Crippen molar-refractivity contribution >= 4 is 5.91 Å². The molecule has 1 aliphatic heterocycles. The maximum absolute atomic E-state index is 11.6. The van der Waals surface area contributed by atoms with Gasteiger partial charge in [-0.05, 0) is 13.8 Å². The molecule has 1 unspecified atom stereocenters. The zero-order valence-electron chi connectivity index (χ0n) is 10.7. The summed E-state index contributed by atoms with van der Waals surface area (Å²) in [5.41, 5.74) is 5.40. The third-order valence-electron chi connectivity index (χ3n) is 2.67. The highest BCUT2D eigenvalue weighted by molar-refractivity contribution is 5.77. The van der Waals surface area contributed by atoms with Crippen molar-refractivity contribution < 1.29 is 9.53 Å². The van der Waals surface area contributed by atoms with Crippen molar-refractivity contribution in [3.63, 3.8) is 0 Å². The molecule has 0 saturated carbocycles. The smallest absolute Gasteiger partial charge is 0.236 e. The SMILES string of the molecule is CN(C)C(=O)CN1CC(CN)OC(C)(C)C1. The van der Waals surface area contributed by atoms with Gasteiger partial charge in [-0.1, -0.05) is 0 Å². The van der Waals surface area contributed by atoms with Crippen LogP contribution < -0.4 is 5.73 Å². The van der Waals surface area contributed by atoms with Gasteiger partial charge in [0.15, 0.2) is 0 Å². The topological polar surface area (TPSA) is 58.8 Å². The Kier molecular flexibility index (Phi) is 4.29. The van der Waals surface area contributed by atoms with Crippen LogP contribution in [0.2, 0.25) is 0 Å². The van der Waals surface area contributed by atoms with Gasteiger partial charge < -0.3 is 15.4 Å². The van der Waals surface area contributed by atoms with E-state index in [1.54, 1.807) is 19.0 Å². The van der Waals surface area contributed by atoms with Crippen LogP contribution in [0.1, 0.15) is 13.8 Å². The second-order valence-electron chi connectivity index (χ2n) is 5.19. The molecule has 0 bridgehead atoms. The molecule has 0 aromatic carbocycles. The second-order valence-corrected chi connectivity index (χ2v) is 5.19. The first kappa shape index (κ1) is 13.4. The van der Waals surface area contributed by atoms with E-state index in [0.29, 0.717) is 13.1 Å². The monoisotopic (exact) mass is 229 g/mol. The number of carbonyl (C=O) groups is 1. The Bertz CT molecular complexity index is 254. The summed E-state index contributed by atoms with van der Waals surface area (Å²) in [4.78, 5) is 15.4. The van der Waals surface area contributed by atoms with Crippen molar-refractivity contribution in [1.82, 2.24) is 9.80 Å². The minimum atomic E-state index is -0.227. The minimum absolute atomic E-state index is 0.0266. The standard InChI is InChI=1S/C11H23N3O2/c1-11(2)8-14(6-9(5-12)16-11)7-10(15)13(3)4/h9H,5-8,12H2,1-4H3. The molecule has 1 saturated heterocycles. The van der Waals surface area contributed by atoms with Crippen molar-refractivity contribution in [1.29, 1.82) is 0 Å². The summed E-state index contributed by atoms with van der Waals surface area (Å²) in [5.74, 6) is 0.119. The number of morpholine rings is 1. The Balaban J connectivity index is 2.56. The molecule has 0 aromatic heterocycles. The quantitative estimate of drug-likeness (QED) is 0.709. The van der Waals surface area contributed by atoms with Gasteiger partial charge >= 0.3 is 0 Å². The van der Waals surface area contributed by atoms with E-state index in [0.717, 1.165) is 13.1 Å². The zero-order chi connectivity index (χ0) is 12.3. The first-order valence-electron chi connectivity index (χ1n) is 5.64. The van der Waals surface area contributed by atoms with E-state index in [9.17, 15) is 4.79 Å². The van der Waals surface area contributed by atoms with Crippen LogP contribution in [0.4, 0.5) is 0 Å². The summed E-state index contributed by atoms with van der Waals surface area (Å²) in [5, 5.41) is 0. The van der Waals surface area contributed by atoms with Crippen LogP contribution in [0.15, 0.2) is 0 Å². The van der Waals surface area contributed by atoms with E-state index in [1.165, 1.54) is 0 Å². The van der Waals surface area contributed by atoms with E-state index >= 15 is 0 Å². The van der Waals surface area contributed by atoms with Crippen molar-refractivity contribution in [2.24, 2.45) is 5.73 Å². The minimum Gasteiger partial charge on any atom is -0.368 e. The third-order valence-corrected chi connectivity index (χ3v) is 2.67. The number of hydrogen-bond donors (Lipinski definition) is 1. The van der Waals surface area contributed by atoms with Crippen LogP contribution in [0.5, 0.6) is 0 Å². The maximum atomic E-state index is 11.6. The third kappa shape index (κ3) is 3.73. The number of ether oxygens (including phenoxy) is 1. The molecule has 0 aliphatic carbocycles. The van der Waals surface area contributed by atoms with Crippen LogP contribution in [0.3, 0.4) is 0 Å². The van der Waals surface area contributed by atoms with Crippen LogP contribution in [-0.2, 0) is 9.53 Å². The predicted molar refractivity (Wildman–Crippen MR) is 63.1 cm³/mol. The normalized spacial score (nSPS) is 25.4. The molecule has 1 amide bonds. The largest absolute Gasteiger partial charge is 0.368 e. The van der Waals surface area contributed by atoms with Crippen LogP contribution in [0.25, 0.3) is 0 Å². The van der Waals surface area contributed by atoms with E-state index < -0.39 is 0 Å². The molecule has 1 fully saturated rings. The molecule has 0 spiro atoms. The second kappa shape index (κ2) is 5.12. The fraction of sp³-hybridized carbons (Fsp3) is 0.909. The molecule has 2 N–H and O–H groups in total. The van der Waals surface area contributed by atoms with Gasteiger partial charge in [-0.25, -0.2) is 0 Å². The average Bonchev–Trinajstić information content (AvgIpc) is 2.14. The number of hydrogen-bond acceptors (Lipinski definition) is 4. The highest BCUT2D eigenvalue weighted by Gasteiger charge is 2.33. The predicted octanol–water partition coefficient (Wildman–Crippen LogP) is -0.487. The fourth-order valence-electron chi connectivity index (χ4n) is 1.99. The number of nitrogens with two attached hydrogens (primary N) is 1. The zero-order valence-corrected chi connectivity index (χ0v) is 10.7. The summed E-state index contributed by atoms with van der Waals surface area (Å²) in [6, 6.07) is 0. The number of amides is 1. The Hall–Kier alpha value is -0.650. The molecule has 5 nitrogen and oxygen atoms in total. The molecular weight excluding hydrogens is 206 g/mol. The van der Waals surface area contributed by atoms with Gasteiger partial charge in [-0.2, -0.15) is 0 Å². The molecule has 94 valence electrons. The average molecular weight is 229 g/mol. The Labute approximate surface area is 97.5 Å². The van der Waals surface area contributed by atoms with E-state index in [-0.39, 0.29) is 17.6 Å². The summed E-state index contributed by atoms with van der Waals surface area (Å²) in [6.45, 7) is 6.50. The number of carbonyl (C=O) groups excluding carboxylic acids is 1. The lowest BCUT2D eigenvalue weighted by Crippen LogP contribution is -2.56. The molecular formula is C11H23N3O2. The van der Waals surface area contributed by atoms with E-state index in [1.807, 2.05) is 13.8 Å². The Morgan fingerprint density at radius 2 is 2.19 bits per heavy atom. The van der Waals surface area contributed by atoms with Gasteiger partial charge in [0, 0.05) is 33.7 Å². The van der Waals surface area contributed by atoms with Crippen LogP contribution in [0, 0.1) is 0 Å². The molecule has 1 atom stereocenters. The molecule has 1 aliphatic rings. The van der Waals surface area contributed by atoms with Gasteiger partial charge in [-0.3, -0.25) is 9.69 Å². The van der Waals surface area contributed by atoms with Crippen LogP contribution in [-0.4, -0.2) is 67.7 Å². The van der Waals surface area contributed by atoms with Crippen LogP contribution >= 0.6 is 0 Å². The van der Waals surface area contributed by atoms with Crippen molar-refractivity contribution in [2.45, 2.75) is 25.6 Å². The summed E-state index contributed by atoms with van der Waals surface area (Å²) < 4.78 is 5.80. The van der Waals surface area contributed by atoms with Gasteiger partial charge in [0.05, 0.1) is 18.2 Å². The highest BCUT2D eigenvalue weighted by atomic mass is 16.5. The first-order valence-corrected chi connectivity index (χ1v) is 5.64. The Morgan fingerprint density at radius 3 is 2.69 bits per heavy atom. The molecule has 1 rings (SSSR count). The van der Waals surface area contributed by atoms with Gasteiger partial charge in [0.1, 0.15) is 0 Å². The lowest BCUT2D eigenvalue weighted by molar-refractivity contribution is -0.145. The van der Waals surface area contributed by atoms with Crippen molar-refractivity contribution in [3.8, 4) is 0 Å². The highest BCUT2D eigenvalue weighted by Crippen LogP contribution is 2.20. The Morgan fingerprint density at radius 1 is 1.56 bits per heavy atom. The molecule has 1 heterocycles. The van der Waals surface area contributed by atoms with Gasteiger partial charge in [0.2, 0.25) is 5.91 Å². The summed E-state index contributed by atoms with van der Waals surface area (Å²) in [6.07, 6.45) is 0.0266. The molecule has 0 aromatic rings. The molecule has 5 heteroatoms. The first-order chi connectivity index (χ1) is 7.34. The number of rotatable bonds is 3. The van der Waals surface area contributed by atoms with Crippen molar-refractivity contribution in [2.75, 3.05) is 40.3 Å².